The molecule has 0 spiro atoms. The molecule has 2 heterocycles. The Morgan fingerprint density at radius 2 is 1.79 bits per heavy atom. The lowest BCUT2D eigenvalue weighted by molar-refractivity contribution is -0.150. The third kappa shape index (κ3) is 6.66. The number of fused-ring (bicyclic) bond motifs is 1. The summed E-state index contributed by atoms with van der Waals surface area (Å²) in [6.07, 6.45) is 6.74. The highest BCUT2D eigenvalue weighted by molar-refractivity contribution is 6.29. The van der Waals surface area contributed by atoms with E-state index in [0.717, 1.165) is 37.1 Å². The Morgan fingerprint density at radius 3 is 2.41 bits per heavy atom. The molecule has 0 bridgehead atoms. The lowest BCUT2D eigenvalue weighted by Crippen LogP contribution is -2.60. The number of alkyl halides is 2. The van der Waals surface area contributed by atoms with Crippen molar-refractivity contribution in [2.24, 2.45) is 29.6 Å². The van der Waals surface area contributed by atoms with Crippen molar-refractivity contribution in [3.05, 3.63) is 0 Å². The van der Waals surface area contributed by atoms with E-state index >= 15 is 0 Å². The molecule has 10 nitrogen and oxygen atoms in total. The molecule has 12 heteroatoms. The molecule has 39 heavy (non-hydrogen) atoms. The number of hydrazine groups is 1. The van der Waals surface area contributed by atoms with Crippen LogP contribution in [0, 0.1) is 29.6 Å². The Hall–Kier alpha value is -2.43. The molecule has 2 saturated carbocycles. The molecule has 4 rings (SSSR count). The van der Waals surface area contributed by atoms with Gasteiger partial charge in [0.1, 0.15) is 12.1 Å². The quantitative estimate of drug-likeness (QED) is 0.273. The highest BCUT2D eigenvalue weighted by Crippen LogP contribution is 2.43. The van der Waals surface area contributed by atoms with E-state index in [1.54, 1.807) is 4.90 Å². The van der Waals surface area contributed by atoms with E-state index in [-0.39, 0.29) is 47.9 Å². The van der Waals surface area contributed by atoms with Crippen LogP contribution in [-0.2, 0) is 24.0 Å². The topological polar surface area (TPSA) is 128 Å². The molecule has 0 aromatic rings. The molecular formula is C27H41ClFN5O5. The first-order chi connectivity index (χ1) is 18.7. The summed E-state index contributed by atoms with van der Waals surface area (Å²) in [4.78, 5) is 67.0. The fourth-order valence-electron chi connectivity index (χ4n) is 6.54. The maximum absolute atomic E-state index is 14.0. The first-order valence-electron chi connectivity index (χ1n) is 14.4. The molecule has 6 atom stereocenters. The summed E-state index contributed by atoms with van der Waals surface area (Å²) in [6.45, 7) is 4.65. The highest BCUT2D eigenvalue weighted by atomic mass is 35.5. The Bertz CT molecular complexity index is 959. The third-order valence-corrected chi connectivity index (χ3v) is 9.16. The van der Waals surface area contributed by atoms with Crippen molar-refractivity contribution in [2.75, 3.05) is 19.6 Å². The van der Waals surface area contributed by atoms with Gasteiger partial charge in [0.25, 0.3) is 17.4 Å². The van der Waals surface area contributed by atoms with Crippen molar-refractivity contribution in [2.45, 2.75) is 89.3 Å². The van der Waals surface area contributed by atoms with Gasteiger partial charge in [-0.25, -0.2) is 9.40 Å². The van der Waals surface area contributed by atoms with Crippen molar-refractivity contribution in [1.29, 1.82) is 0 Å². The SMILES string of the molecule is CCC(CC)[C@H](NC(=O)C1CC1)C(=O)N1C[C@@H]2CCC[C@@H]2[C@H]1C(=O)NN(C[C@@H]1CCCNC1=O)C(=O)[C@H](F)Cl. The van der Waals surface area contributed by atoms with Gasteiger partial charge in [-0.3, -0.25) is 29.4 Å². The van der Waals surface area contributed by atoms with E-state index in [1.807, 2.05) is 13.8 Å². The zero-order chi connectivity index (χ0) is 28.3. The van der Waals surface area contributed by atoms with E-state index in [2.05, 4.69) is 16.1 Å². The standard InChI is InChI=1S/C27H41ClFN5O5/c1-3-15(4-2)20(31-24(36)16-10-11-16)26(38)33-13-17-7-5-9-19(17)21(33)25(37)32-34(27(39)22(28)29)14-18-8-6-12-30-23(18)35/h15-22H,3-14H2,1-2H3,(H,30,35)(H,31,36)(H,32,37)/t17-,18-,19-,20-,21-,22-/m0/s1. The van der Waals surface area contributed by atoms with Crippen LogP contribution < -0.4 is 16.1 Å². The third-order valence-electron chi connectivity index (χ3n) is 8.97. The summed E-state index contributed by atoms with van der Waals surface area (Å²) in [5.74, 6) is -3.20. The van der Waals surface area contributed by atoms with Gasteiger partial charge in [-0.15, -0.1) is 0 Å². The minimum Gasteiger partial charge on any atom is -0.356 e. The Kier molecular flexibility index (Phi) is 9.72. The second-order valence-corrected chi connectivity index (χ2v) is 11.9. The molecule has 2 saturated heterocycles. The molecule has 0 radical (unpaired) electrons. The van der Waals surface area contributed by atoms with Gasteiger partial charge in [0.2, 0.25) is 17.7 Å². The summed E-state index contributed by atoms with van der Waals surface area (Å²) in [6, 6.07) is -1.62. The number of nitrogens with one attached hydrogen (secondary N) is 3. The summed E-state index contributed by atoms with van der Waals surface area (Å²) < 4.78 is 13.9. The van der Waals surface area contributed by atoms with Gasteiger partial charge in [0, 0.05) is 19.0 Å². The van der Waals surface area contributed by atoms with E-state index in [1.165, 1.54) is 0 Å². The number of amides is 5. The number of nitrogens with zero attached hydrogens (tertiary/aromatic N) is 2. The monoisotopic (exact) mass is 569 g/mol. The number of carbonyl (C=O) groups excluding carboxylic acids is 5. The van der Waals surface area contributed by atoms with Crippen LogP contribution in [0.3, 0.4) is 0 Å². The fraction of sp³-hybridized carbons (Fsp3) is 0.815. The Morgan fingerprint density at radius 1 is 1.08 bits per heavy atom. The number of rotatable bonds is 10. The molecule has 0 aromatic heterocycles. The van der Waals surface area contributed by atoms with Crippen LogP contribution in [0.4, 0.5) is 4.39 Å². The average molecular weight is 570 g/mol. The van der Waals surface area contributed by atoms with Crippen LogP contribution in [0.2, 0.25) is 0 Å². The fourth-order valence-corrected chi connectivity index (χ4v) is 6.66. The van der Waals surface area contributed by atoms with E-state index < -0.39 is 35.4 Å². The van der Waals surface area contributed by atoms with Gasteiger partial charge in [0.15, 0.2) is 0 Å². The van der Waals surface area contributed by atoms with Crippen molar-refractivity contribution in [3.63, 3.8) is 0 Å². The number of halogens is 2. The van der Waals surface area contributed by atoms with E-state index in [4.69, 9.17) is 11.6 Å². The maximum atomic E-state index is 14.0. The van der Waals surface area contributed by atoms with Crippen molar-refractivity contribution < 1.29 is 28.4 Å². The first-order valence-corrected chi connectivity index (χ1v) is 14.9. The molecule has 4 fully saturated rings. The number of carbonyl (C=O) groups is 5. The molecule has 218 valence electrons. The second kappa shape index (κ2) is 12.8. The molecule has 3 N–H and O–H groups in total. The molecule has 2 aliphatic carbocycles. The molecule has 4 aliphatic rings. The molecule has 2 aliphatic heterocycles. The molecular weight excluding hydrogens is 529 g/mol. The van der Waals surface area contributed by atoms with Crippen LogP contribution in [0.1, 0.15) is 71.6 Å². The van der Waals surface area contributed by atoms with Crippen molar-refractivity contribution in [1.82, 2.24) is 26.0 Å². The molecule has 5 amide bonds. The smallest absolute Gasteiger partial charge is 0.291 e. The zero-order valence-electron chi connectivity index (χ0n) is 22.8. The van der Waals surface area contributed by atoms with Gasteiger partial charge in [-0.2, -0.15) is 0 Å². The van der Waals surface area contributed by atoms with Gasteiger partial charge in [0.05, 0.1) is 12.5 Å². The van der Waals surface area contributed by atoms with Crippen LogP contribution >= 0.6 is 11.6 Å². The van der Waals surface area contributed by atoms with Gasteiger partial charge in [-0.05, 0) is 56.3 Å². The number of hydrogen-bond donors (Lipinski definition) is 3. The summed E-state index contributed by atoms with van der Waals surface area (Å²) in [7, 11) is 0. The molecule has 0 unspecified atom stereocenters. The minimum absolute atomic E-state index is 0.0625. The Balaban J connectivity index is 1.56. The summed E-state index contributed by atoms with van der Waals surface area (Å²) >= 11 is 5.46. The van der Waals surface area contributed by atoms with E-state index in [9.17, 15) is 28.4 Å². The predicted molar refractivity (Wildman–Crippen MR) is 141 cm³/mol. The lowest BCUT2D eigenvalue weighted by Gasteiger charge is -2.35. The predicted octanol–water partition coefficient (Wildman–Crippen LogP) is 1.86. The van der Waals surface area contributed by atoms with Crippen LogP contribution in [0.5, 0.6) is 0 Å². The first kappa shape index (κ1) is 29.6. The number of piperidine rings is 1. The van der Waals surface area contributed by atoms with Gasteiger partial charge >= 0.3 is 0 Å². The largest absolute Gasteiger partial charge is 0.356 e. The molecule has 0 aromatic carbocycles. The second-order valence-electron chi connectivity index (χ2n) is 11.5. The van der Waals surface area contributed by atoms with Crippen LogP contribution in [0.15, 0.2) is 0 Å². The minimum atomic E-state index is -2.39. The van der Waals surface area contributed by atoms with Crippen molar-refractivity contribution in [3.8, 4) is 0 Å². The normalized spacial score (nSPS) is 27.9. The maximum Gasteiger partial charge on any atom is 0.291 e. The number of likely N-dealkylation sites (tertiary alicyclic amines) is 1. The van der Waals surface area contributed by atoms with Gasteiger partial charge in [-0.1, -0.05) is 44.7 Å². The van der Waals surface area contributed by atoms with Gasteiger partial charge < -0.3 is 15.5 Å². The lowest BCUT2D eigenvalue weighted by atomic mass is 9.91. The van der Waals surface area contributed by atoms with Crippen molar-refractivity contribution >= 4 is 41.1 Å². The summed E-state index contributed by atoms with van der Waals surface area (Å²) in [5.41, 5.74) is 0.136. The van der Waals surface area contributed by atoms with Crippen LogP contribution in [0.25, 0.3) is 0 Å². The number of hydrogen-bond acceptors (Lipinski definition) is 5. The zero-order valence-corrected chi connectivity index (χ0v) is 23.6. The highest BCUT2D eigenvalue weighted by Gasteiger charge is 2.52. The summed E-state index contributed by atoms with van der Waals surface area (Å²) in [5, 5.41) is 6.50. The average Bonchev–Trinajstić information content (AvgIpc) is 3.57. The Labute approximate surface area is 234 Å². The van der Waals surface area contributed by atoms with E-state index in [0.29, 0.717) is 38.8 Å². The van der Waals surface area contributed by atoms with Crippen LogP contribution in [-0.4, -0.2) is 76.8 Å².